The maximum Gasteiger partial charge on any atom is 0.207 e. The van der Waals surface area contributed by atoms with Crippen LogP contribution in [-0.4, -0.2) is 12.5 Å². The van der Waals surface area contributed by atoms with Crippen LogP contribution in [0.5, 0.6) is 0 Å². The van der Waals surface area contributed by atoms with Gasteiger partial charge in [0.15, 0.2) is 0 Å². The Morgan fingerprint density at radius 2 is 1.92 bits per heavy atom. The number of rotatable bonds is 8. The highest BCUT2D eigenvalue weighted by molar-refractivity contribution is 5.46. The number of amides is 1. The van der Waals surface area contributed by atoms with Crippen LogP contribution in [0.15, 0.2) is 0 Å². The average molecular weight is 185 g/mol. The molecule has 0 bridgehead atoms. The van der Waals surface area contributed by atoms with Crippen LogP contribution in [0, 0.1) is 5.92 Å². The Bertz CT molecular complexity index is 125. The minimum Gasteiger partial charge on any atom is -0.356 e. The van der Waals surface area contributed by atoms with Gasteiger partial charge >= 0.3 is 0 Å². The van der Waals surface area contributed by atoms with Crippen LogP contribution in [0.3, 0.4) is 0 Å². The summed E-state index contributed by atoms with van der Waals surface area (Å²) in [6.07, 6.45) is 6.67. The molecule has 0 aromatic carbocycles. The first-order chi connectivity index (χ1) is 6.24. The molecule has 2 atom stereocenters. The van der Waals surface area contributed by atoms with E-state index in [0.29, 0.717) is 6.04 Å². The topological polar surface area (TPSA) is 29.1 Å². The quantitative estimate of drug-likeness (QED) is 0.579. The summed E-state index contributed by atoms with van der Waals surface area (Å²) in [7, 11) is 0. The van der Waals surface area contributed by atoms with Crippen LogP contribution in [0.25, 0.3) is 0 Å². The summed E-state index contributed by atoms with van der Waals surface area (Å²) < 4.78 is 0. The molecule has 0 aromatic rings. The lowest BCUT2D eigenvalue weighted by molar-refractivity contribution is -0.110. The van der Waals surface area contributed by atoms with E-state index in [1.807, 2.05) is 0 Å². The van der Waals surface area contributed by atoms with Gasteiger partial charge in [-0.1, -0.05) is 33.6 Å². The highest BCUT2D eigenvalue weighted by Crippen LogP contribution is 2.13. The third-order valence-corrected chi connectivity index (χ3v) is 2.65. The molecule has 0 heterocycles. The fraction of sp³-hybridized carbons (Fsp3) is 0.909. The summed E-state index contributed by atoms with van der Waals surface area (Å²) >= 11 is 0. The molecule has 2 heteroatoms. The van der Waals surface area contributed by atoms with Gasteiger partial charge < -0.3 is 5.32 Å². The molecule has 2 unspecified atom stereocenters. The van der Waals surface area contributed by atoms with Crippen LogP contribution in [0.1, 0.15) is 52.9 Å². The largest absolute Gasteiger partial charge is 0.356 e. The average Bonchev–Trinajstić information content (AvgIpc) is 2.14. The summed E-state index contributed by atoms with van der Waals surface area (Å²) in [6, 6.07) is 0.400. The van der Waals surface area contributed by atoms with Crippen LogP contribution < -0.4 is 5.32 Å². The lowest BCUT2D eigenvalue weighted by atomic mass is 9.97. The predicted octanol–water partition coefficient (Wildman–Crippen LogP) is 2.73. The monoisotopic (exact) mass is 185 g/mol. The SMILES string of the molecule is CCCC(CCC(C)CC)NC=O. The van der Waals surface area contributed by atoms with Gasteiger partial charge in [-0.05, 0) is 25.2 Å². The molecule has 1 N–H and O–H groups in total. The van der Waals surface area contributed by atoms with Crippen molar-refractivity contribution in [2.75, 3.05) is 0 Å². The van der Waals surface area contributed by atoms with Crippen LogP contribution >= 0.6 is 0 Å². The first-order valence-electron chi connectivity index (χ1n) is 5.44. The van der Waals surface area contributed by atoms with Crippen LogP contribution in [-0.2, 0) is 4.79 Å². The minimum atomic E-state index is 0.400. The standard InChI is InChI=1S/C11H23NO/c1-4-6-11(12-9-13)8-7-10(3)5-2/h9-11H,4-8H2,1-3H3,(H,12,13). The minimum absolute atomic E-state index is 0.400. The van der Waals surface area contributed by atoms with Crippen molar-refractivity contribution in [1.29, 1.82) is 0 Å². The van der Waals surface area contributed by atoms with E-state index in [9.17, 15) is 4.79 Å². The molecule has 13 heavy (non-hydrogen) atoms. The van der Waals surface area contributed by atoms with Crippen molar-refractivity contribution < 1.29 is 4.79 Å². The summed E-state index contributed by atoms with van der Waals surface area (Å²) in [6.45, 7) is 6.64. The zero-order valence-electron chi connectivity index (χ0n) is 9.18. The van der Waals surface area contributed by atoms with Gasteiger partial charge in [-0.3, -0.25) is 4.79 Å². The van der Waals surface area contributed by atoms with Crippen molar-refractivity contribution in [1.82, 2.24) is 5.32 Å². The second-order valence-corrected chi connectivity index (χ2v) is 3.86. The third kappa shape index (κ3) is 6.62. The lowest BCUT2D eigenvalue weighted by Crippen LogP contribution is -2.27. The van der Waals surface area contributed by atoms with E-state index in [2.05, 4.69) is 26.1 Å². The molecule has 0 rings (SSSR count). The van der Waals surface area contributed by atoms with Crippen molar-refractivity contribution in [3.8, 4) is 0 Å². The van der Waals surface area contributed by atoms with Gasteiger partial charge in [0.25, 0.3) is 0 Å². The maximum absolute atomic E-state index is 10.3. The third-order valence-electron chi connectivity index (χ3n) is 2.65. The van der Waals surface area contributed by atoms with E-state index >= 15 is 0 Å². The molecule has 78 valence electrons. The zero-order valence-corrected chi connectivity index (χ0v) is 9.18. The maximum atomic E-state index is 10.3. The van der Waals surface area contributed by atoms with E-state index in [-0.39, 0.29) is 0 Å². The van der Waals surface area contributed by atoms with Crippen molar-refractivity contribution in [3.63, 3.8) is 0 Å². The predicted molar refractivity (Wildman–Crippen MR) is 56.6 cm³/mol. The highest BCUT2D eigenvalue weighted by Gasteiger charge is 2.07. The van der Waals surface area contributed by atoms with Gasteiger partial charge in [0.2, 0.25) is 6.41 Å². The molecular weight excluding hydrogens is 162 g/mol. The van der Waals surface area contributed by atoms with Crippen molar-refractivity contribution in [3.05, 3.63) is 0 Å². The Labute approximate surface area is 82.1 Å². The van der Waals surface area contributed by atoms with Gasteiger partial charge in [-0.25, -0.2) is 0 Å². The summed E-state index contributed by atoms with van der Waals surface area (Å²) in [5, 5.41) is 2.88. The molecule has 0 saturated heterocycles. The second kappa shape index (κ2) is 8.09. The molecular formula is C11H23NO. The van der Waals surface area contributed by atoms with Gasteiger partial charge in [-0.2, -0.15) is 0 Å². The molecule has 0 aromatic heterocycles. The Hall–Kier alpha value is -0.530. The first kappa shape index (κ1) is 12.5. The molecule has 0 aliphatic rings. The van der Waals surface area contributed by atoms with Crippen molar-refractivity contribution in [2.45, 2.75) is 58.9 Å². The summed E-state index contributed by atoms with van der Waals surface area (Å²) in [5.74, 6) is 0.785. The van der Waals surface area contributed by atoms with Crippen LogP contribution in [0.4, 0.5) is 0 Å². The number of nitrogens with one attached hydrogen (secondary N) is 1. The number of carbonyl (C=O) groups is 1. The number of hydrogen-bond donors (Lipinski definition) is 1. The van der Waals surface area contributed by atoms with Gasteiger partial charge in [-0.15, -0.1) is 0 Å². The molecule has 2 nitrogen and oxygen atoms in total. The number of hydrogen-bond acceptors (Lipinski definition) is 1. The second-order valence-electron chi connectivity index (χ2n) is 3.86. The molecule has 0 fully saturated rings. The van der Waals surface area contributed by atoms with E-state index in [0.717, 1.165) is 31.6 Å². The van der Waals surface area contributed by atoms with Gasteiger partial charge in [0.1, 0.15) is 0 Å². The number of carbonyl (C=O) groups excluding carboxylic acids is 1. The summed E-state index contributed by atoms with van der Waals surface area (Å²) in [4.78, 5) is 10.3. The zero-order chi connectivity index (χ0) is 10.1. The van der Waals surface area contributed by atoms with E-state index in [4.69, 9.17) is 0 Å². The Balaban J connectivity index is 3.60. The smallest absolute Gasteiger partial charge is 0.207 e. The highest BCUT2D eigenvalue weighted by atomic mass is 16.1. The lowest BCUT2D eigenvalue weighted by Gasteiger charge is -2.17. The van der Waals surface area contributed by atoms with Crippen LogP contribution in [0.2, 0.25) is 0 Å². The molecule has 0 aliphatic carbocycles. The van der Waals surface area contributed by atoms with Gasteiger partial charge in [0.05, 0.1) is 0 Å². The molecule has 0 radical (unpaired) electrons. The van der Waals surface area contributed by atoms with Crippen molar-refractivity contribution >= 4 is 6.41 Å². The Kier molecular flexibility index (Phi) is 7.76. The van der Waals surface area contributed by atoms with Gasteiger partial charge in [0, 0.05) is 6.04 Å². The molecule has 0 saturated carbocycles. The Morgan fingerprint density at radius 1 is 1.23 bits per heavy atom. The van der Waals surface area contributed by atoms with Crippen molar-refractivity contribution in [2.24, 2.45) is 5.92 Å². The fourth-order valence-corrected chi connectivity index (χ4v) is 1.45. The molecule has 0 spiro atoms. The van der Waals surface area contributed by atoms with E-state index in [1.165, 1.54) is 12.8 Å². The summed E-state index contributed by atoms with van der Waals surface area (Å²) in [5.41, 5.74) is 0. The van der Waals surface area contributed by atoms with E-state index < -0.39 is 0 Å². The Morgan fingerprint density at radius 3 is 2.38 bits per heavy atom. The molecule has 0 aliphatic heterocycles. The molecule has 1 amide bonds. The first-order valence-corrected chi connectivity index (χ1v) is 5.44. The fourth-order valence-electron chi connectivity index (χ4n) is 1.45. The normalized spacial score (nSPS) is 15.0. The van der Waals surface area contributed by atoms with E-state index in [1.54, 1.807) is 0 Å².